The van der Waals surface area contributed by atoms with E-state index in [-0.39, 0.29) is 17.9 Å². The van der Waals surface area contributed by atoms with Crippen LogP contribution in [0.2, 0.25) is 0 Å². The van der Waals surface area contributed by atoms with Gasteiger partial charge in [0.2, 0.25) is 5.91 Å². The summed E-state index contributed by atoms with van der Waals surface area (Å²) in [7, 11) is 0. The van der Waals surface area contributed by atoms with Crippen molar-refractivity contribution in [2.24, 2.45) is 5.41 Å². The van der Waals surface area contributed by atoms with Crippen LogP contribution in [0.3, 0.4) is 0 Å². The van der Waals surface area contributed by atoms with Crippen LogP contribution in [0.5, 0.6) is 0 Å². The quantitative estimate of drug-likeness (QED) is 0.402. The van der Waals surface area contributed by atoms with Gasteiger partial charge in [-0.3, -0.25) is 4.79 Å². The molecular formula is C11H22N2O2. The van der Waals surface area contributed by atoms with E-state index in [2.05, 4.69) is 17.2 Å². The van der Waals surface area contributed by atoms with E-state index in [0.717, 1.165) is 0 Å². The van der Waals surface area contributed by atoms with E-state index >= 15 is 0 Å². The predicted molar refractivity (Wildman–Crippen MR) is 61.6 cm³/mol. The Kier molecular flexibility index (Phi) is 6.99. The van der Waals surface area contributed by atoms with E-state index in [1.165, 1.54) is 0 Å². The zero-order valence-electron chi connectivity index (χ0n) is 9.68. The predicted octanol–water partition coefficient (Wildman–Crippen LogP) is 0.287. The Bertz CT molecular complexity index is 203. The average Bonchev–Trinajstić information content (AvgIpc) is 2.15. The lowest BCUT2D eigenvalue weighted by Crippen LogP contribution is -2.39. The van der Waals surface area contributed by atoms with Gasteiger partial charge in [0.1, 0.15) is 0 Å². The Morgan fingerprint density at radius 3 is 2.73 bits per heavy atom. The van der Waals surface area contributed by atoms with Crippen LogP contribution in [0.25, 0.3) is 0 Å². The van der Waals surface area contributed by atoms with Crippen molar-refractivity contribution in [2.45, 2.75) is 20.3 Å². The van der Waals surface area contributed by atoms with Crippen molar-refractivity contribution >= 4 is 5.91 Å². The molecular weight excluding hydrogens is 192 g/mol. The Morgan fingerprint density at radius 1 is 1.53 bits per heavy atom. The highest BCUT2D eigenvalue weighted by Crippen LogP contribution is 2.17. The standard InChI is InChI=1S/C11H22N2O2/c1-4-6-12-8-10(15)13-9-11(2,3)5-7-14/h4,12,14H,1,5-9H2,2-3H3,(H,13,15). The lowest BCUT2D eigenvalue weighted by molar-refractivity contribution is -0.120. The Labute approximate surface area is 91.8 Å². The summed E-state index contributed by atoms with van der Waals surface area (Å²) in [6.45, 7) is 9.25. The minimum atomic E-state index is -0.0527. The third-order valence-electron chi connectivity index (χ3n) is 2.13. The molecule has 4 heteroatoms. The highest BCUT2D eigenvalue weighted by molar-refractivity contribution is 5.78. The number of hydrogen-bond donors (Lipinski definition) is 3. The molecule has 0 unspecified atom stereocenters. The molecule has 3 N–H and O–H groups in total. The molecule has 4 nitrogen and oxygen atoms in total. The highest BCUT2D eigenvalue weighted by atomic mass is 16.3. The third-order valence-corrected chi connectivity index (χ3v) is 2.13. The molecule has 0 rings (SSSR count). The van der Waals surface area contributed by atoms with Crippen LogP contribution in [0.15, 0.2) is 12.7 Å². The Morgan fingerprint density at radius 2 is 2.20 bits per heavy atom. The van der Waals surface area contributed by atoms with Crippen molar-refractivity contribution in [1.29, 1.82) is 0 Å². The second-order valence-corrected chi connectivity index (χ2v) is 4.33. The van der Waals surface area contributed by atoms with E-state index in [9.17, 15) is 4.79 Å². The molecule has 0 aromatic rings. The van der Waals surface area contributed by atoms with Gasteiger partial charge in [0.25, 0.3) is 0 Å². The molecule has 0 saturated carbocycles. The summed E-state index contributed by atoms with van der Waals surface area (Å²) in [5.74, 6) is -0.0251. The maximum absolute atomic E-state index is 11.3. The molecule has 1 amide bonds. The van der Waals surface area contributed by atoms with Crippen molar-refractivity contribution in [3.05, 3.63) is 12.7 Å². The molecule has 88 valence electrons. The van der Waals surface area contributed by atoms with Crippen molar-refractivity contribution in [3.8, 4) is 0 Å². The van der Waals surface area contributed by atoms with Gasteiger partial charge in [-0.05, 0) is 11.8 Å². The second kappa shape index (κ2) is 7.43. The molecule has 0 radical (unpaired) electrons. The van der Waals surface area contributed by atoms with Gasteiger partial charge >= 0.3 is 0 Å². The second-order valence-electron chi connectivity index (χ2n) is 4.33. The molecule has 15 heavy (non-hydrogen) atoms. The summed E-state index contributed by atoms with van der Waals surface area (Å²) in [5, 5.41) is 14.5. The zero-order chi connectivity index (χ0) is 11.7. The molecule has 0 spiro atoms. The van der Waals surface area contributed by atoms with Gasteiger partial charge in [0.15, 0.2) is 0 Å². The molecule has 0 fully saturated rings. The van der Waals surface area contributed by atoms with Crippen molar-refractivity contribution in [1.82, 2.24) is 10.6 Å². The molecule has 0 aromatic heterocycles. The van der Waals surface area contributed by atoms with Gasteiger partial charge in [0.05, 0.1) is 6.54 Å². The topological polar surface area (TPSA) is 61.4 Å². The van der Waals surface area contributed by atoms with Gasteiger partial charge in [0, 0.05) is 19.7 Å². The molecule has 0 aliphatic heterocycles. The molecule has 0 aromatic carbocycles. The Balaban J connectivity index is 3.65. The Hall–Kier alpha value is -0.870. The number of hydrogen-bond acceptors (Lipinski definition) is 3. The van der Waals surface area contributed by atoms with Crippen molar-refractivity contribution in [3.63, 3.8) is 0 Å². The monoisotopic (exact) mass is 214 g/mol. The van der Waals surface area contributed by atoms with Gasteiger partial charge in [-0.1, -0.05) is 19.9 Å². The molecule has 0 atom stereocenters. The van der Waals surface area contributed by atoms with Crippen LogP contribution in [-0.2, 0) is 4.79 Å². The number of aliphatic hydroxyl groups excluding tert-OH is 1. The summed E-state index contributed by atoms with van der Waals surface area (Å²) < 4.78 is 0. The van der Waals surface area contributed by atoms with Crippen LogP contribution in [0, 0.1) is 5.41 Å². The number of rotatable bonds is 8. The fourth-order valence-electron chi connectivity index (χ4n) is 1.08. The summed E-state index contributed by atoms with van der Waals surface area (Å²) in [6.07, 6.45) is 2.40. The fraction of sp³-hybridized carbons (Fsp3) is 0.727. The fourth-order valence-corrected chi connectivity index (χ4v) is 1.08. The highest BCUT2D eigenvalue weighted by Gasteiger charge is 2.17. The molecule has 0 saturated heterocycles. The first kappa shape index (κ1) is 14.1. The van der Waals surface area contributed by atoms with Gasteiger partial charge in [-0.15, -0.1) is 6.58 Å². The summed E-state index contributed by atoms with van der Waals surface area (Å²) >= 11 is 0. The lowest BCUT2D eigenvalue weighted by atomic mass is 9.90. The smallest absolute Gasteiger partial charge is 0.233 e. The van der Waals surface area contributed by atoms with Gasteiger partial charge in [-0.2, -0.15) is 0 Å². The normalized spacial score (nSPS) is 11.1. The van der Waals surface area contributed by atoms with Crippen molar-refractivity contribution in [2.75, 3.05) is 26.2 Å². The van der Waals surface area contributed by atoms with Crippen LogP contribution >= 0.6 is 0 Å². The summed E-state index contributed by atoms with van der Waals surface area (Å²) in [4.78, 5) is 11.3. The number of carbonyl (C=O) groups is 1. The van der Waals surface area contributed by atoms with Crippen LogP contribution in [0.4, 0.5) is 0 Å². The summed E-state index contributed by atoms with van der Waals surface area (Å²) in [6, 6.07) is 0. The number of aliphatic hydroxyl groups is 1. The molecule has 0 aliphatic rings. The van der Waals surface area contributed by atoms with Crippen LogP contribution < -0.4 is 10.6 Å². The van der Waals surface area contributed by atoms with E-state index in [1.54, 1.807) is 6.08 Å². The van der Waals surface area contributed by atoms with Crippen LogP contribution in [0.1, 0.15) is 20.3 Å². The molecule has 0 bridgehead atoms. The maximum atomic E-state index is 11.3. The van der Waals surface area contributed by atoms with Crippen LogP contribution in [-0.4, -0.2) is 37.3 Å². The lowest BCUT2D eigenvalue weighted by Gasteiger charge is -2.23. The number of amides is 1. The minimum absolute atomic E-state index is 0.0251. The van der Waals surface area contributed by atoms with E-state index in [1.807, 2.05) is 13.8 Å². The first-order valence-corrected chi connectivity index (χ1v) is 5.21. The SMILES string of the molecule is C=CCNCC(=O)NCC(C)(C)CCO. The van der Waals surface area contributed by atoms with Gasteiger partial charge in [-0.25, -0.2) is 0 Å². The maximum Gasteiger partial charge on any atom is 0.233 e. The van der Waals surface area contributed by atoms with Crippen molar-refractivity contribution < 1.29 is 9.90 Å². The first-order chi connectivity index (χ1) is 7.02. The first-order valence-electron chi connectivity index (χ1n) is 5.21. The minimum Gasteiger partial charge on any atom is -0.396 e. The van der Waals surface area contributed by atoms with E-state index in [4.69, 9.17) is 5.11 Å². The van der Waals surface area contributed by atoms with E-state index < -0.39 is 0 Å². The zero-order valence-corrected chi connectivity index (χ0v) is 9.68. The third kappa shape index (κ3) is 8.15. The number of carbonyl (C=O) groups excluding carboxylic acids is 1. The average molecular weight is 214 g/mol. The largest absolute Gasteiger partial charge is 0.396 e. The molecule has 0 aliphatic carbocycles. The molecule has 0 heterocycles. The van der Waals surface area contributed by atoms with E-state index in [0.29, 0.717) is 26.1 Å². The number of nitrogens with one attached hydrogen (secondary N) is 2. The van der Waals surface area contributed by atoms with Gasteiger partial charge < -0.3 is 15.7 Å². The summed E-state index contributed by atoms with van der Waals surface area (Å²) in [5.41, 5.74) is -0.0527.